The van der Waals surface area contributed by atoms with Crippen molar-refractivity contribution >= 4 is 29.6 Å². The fraction of sp³-hybridized carbons (Fsp3) is 0.560. The molecule has 0 aliphatic heterocycles. The number of nitrogens with two attached hydrogens (primary N) is 4. The average molecular weight is 535 g/mol. The van der Waals surface area contributed by atoms with Gasteiger partial charge in [-0.05, 0) is 37.2 Å². The molecule has 0 saturated heterocycles. The van der Waals surface area contributed by atoms with E-state index in [9.17, 15) is 24.3 Å². The molecule has 1 aromatic carbocycles. The summed E-state index contributed by atoms with van der Waals surface area (Å²) in [6.07, 6.45) is 0.120. The van der Waals surface area contributed by atoms with Crippen LogP contribution < -0.4 is 38.9 Å². The summed E-state index contributed by atoms with van der Waals surface area (Å²) >= 11 is 0. The fourth-order valence-corrected chi connectivity index (χ4v) is 3.73. The van der Waals surface area contributed by atoms with Gasteiger partial charge >= 0.3 is 0 Å². The van der Waals surface area contributed by atoms with Crippen LogP contribution in [0.15, 0.2) is 35.3 Å². The van der Waals surface area contributed by atoms with E-state index in [4.69, 9.17) is 22.9 Å². The molecule has 4 atom stereocenters. The van der Waals surface area contributed by atoms with Crippen molar-refractivity contribution in [2.45, 2.75) is 70.2 Å². The SMILES string of the molecule is CC(C)CC(NCC(O)Cc1ccccc1)C(=O)NC(CCCN=C(N)N)C(=O)NC(CC(N)=O)C(N)=O. The van der Waals surface area contributed by atoms with Crippen LogP contribution in [0, 0.1) is 5.92 Å². The van der Waals surface area contributed by atoms with Crippen molar-refractivity contribution in [2.75, 3.05) is 13.1 Å². The van der Waals surface area contributed by atoms with E-state index in [2.05, 4.69) is 20.9 Å². The second-order valence-electron chi connectivity index (χ2n) is 9.58. The Bertz CT molecular complexity index is 937. The highest BCUT2D eigenvalue weighted by atomic mass is 16.3. The normalized spacial score (nSPS) is 14.1. The van der Waals surface area contributed by atoms with Gasteiger partial charge in [-0.3, -0.25) is 24.2 Å². The van der Waals surface area contributed by atoms with E-state index in [1.54, 1.807) is 0 Å². The Morgan fingerprint density at radius 2 is 1.53 bits per heavy atom. The van der Waals surface area contributed by atoms with Crippen molar-refractivity contribution in [2.24, 2.45) is 33.8 Å². The Labute approximate surface area is 223 Å². The van der Waals surface area contributed by atoms with Gasteiger partial charge in [0, 0.05) is 13.1 Å². The minimum Gasteiger partial charge on any atom is -0.391 e. The molecule has 0 radical (unpaired) electrons. The van der Waals surface area contributed by atoms with Crippen molar-refractivity contribution in [3.05, 3.63) is 35.9 Å². The van der Waals surface area contributed by atoms with E-state index in [0.29, 0.717) is 19.3 Å². The van der Waals surface area contributed by atoms with E-state index < -0.39 is 54.3 Å². The zero-order valence-corrected chi connectivity index (χ0v) is 22.1. The molecule has 0 spiro atoms. The zero-order chi connectivity index (χ0) is 28.7. The number of primary amides is 2. The summed E-state index contributed by atoms with van der Waals surface area (Å²) in [7, 11) is 0. The lowest BCUT2D eigenvalue weighted by atomic mass is 10.0. The first-order valence-electron chi connectivity index (χ1n) is 12.6. The Kier molecular flexibility index (Phi) is 14.4. The molecule has 1 aromatic rings. The van der Waals surface area contributed by atoms with Crippen molar-refractivity contribution in [3.63, 3.8) is 0 Å². The Morgan fingerprint density at radius 1 is 0.921 bits per heavy atom. The van der Waals surface area contributed by atoms with Gasteiger partial charge in [0.15, 0.2) is 5.96 Å². The van der Waals surface area contributed by atoms with Crippen LogP contribution >= 0.6 is 0 Å². The Hall–Kier alpha value is -3.71. The van der Waals surface area contributed by atoms with Crippen LogP contribution in [0.25, 0.3) is 0 Å². The average Bonchev–Trinajstić information content (AvgIpc) is 2.82. The smallest absolute Gasteiger partial charge is 0.243 e. The predicted molar refractivity (Wildman–Crippen MR) is 144 cm³/mol. The maximum Gasteiger partial charge on any atom is 0.243 e. The number of aliphatic hydroxyl groups is 1. The summed E-state index contributed by atoms with van der Waals surface area (Å²) in [6.45, 7) is 4.26. The molecule has 13 nitrogen and oxygen atoms in total. The summed E-state index contributed by atoms with van der Waals surface area (Å²) in [4.78, 5) is 53.1. The molecule has 13 heteroatoms. The largest absolute Gasteiger partial charge is 0.391 e. The van der Waals surface area contributed by atoms with Crippen LogP contribution in [0.2, 0.25) is 0 Å². The molecular formula is C25H42N8O5. The number of aliphatic imine (C=N–C) groups is 1. The minimum atomic E-state index is -1.32. The van der Waals surface area contributed by atoms with Gasteiger partial charge in [-0.1, -0.05) is 44.2 Å². The first kappa shape index (κ1) is 32.3. The predicted octanol–water partition coefficient (Wildman–Crippen LogP) is -2.02. The van der Waals surface area contributed by atoms with Crippen molar-refractivity contribution in [3.8, 4) is 0 Å². The quantitative estimate of drug-likeness (QED) is 0.0592. The Balaban J connectivity index is 2.93. The van der Waals surface area contributed by atoms with Gasteiger partial charge in [0.2, 0.25) is 23.6 Å². The number of rotatable bonds is 18. The number of hydrogen-bond acceptors (Lipinski definition) is 7. The van der Waals surface area contributed by atoms with Crippen LogP contribution in [-0.2, 0) is 25.6 Å². The number of guanidine groups is 1. The third kappa shape index (κ3) is 13.6. The van der Waals surface area contributed by atoms with E-state index >= 15 is 0 Å². The zero-order valence-electron chi connectivity index (χ0n) is 22.1. The number of benzene rings is 1. The maximum absolute atomic E-state index is 13.2. The summed E-state index contributed by atoms with van der Waals surface area (Å²) in [5.41, 5.74) is 22.1. The van der Waals surface area contributed by atoms with Gasteiger partial charge in [-0.2, -0.15) is 0 Å². The molecular weight excluding hydrogens is 492 g/mol. The lowest BCUT2D eigenvalue weighted by molar-refractivity contribution is -0.133. The first-order chi connectivity index (χ1) is 17.9. The van der Waals surface area contributed by atoms with Gasteiger partial charge in [0.1, 0.15) is 12.1 Å². The van der Waals surface area contributed by atoms with E-state index in [0.717, 1.165) is 5.56 Å². The molecule has 0 aliphatic carbocycles. The van der Waals surface area contributed by atoms with Gasteiger partial charge in [-0.15, -0.1) is 0 Å². The van der Waals surface area contributed by atoms with E-state index in [1.807, 2.05) is 44.2 Å². The summed E-state index contributed by atoms with van der Waals surface area (Å²) in [6, 6.07) is 6.37. The summed E-state index contributed by atoms with van der Waals surface area (Å²) in [5.74, 6) is -2.90. The Morgan fingerprint density at radius 3 is 2.08 bits per heavy atom. The highest BCUT2D eigenvalue weighted by Gasteiger charge is 2.29. The monoisotopic (exact) mass is 534 g/mol. The third-order valence-electron chi connectivity index (χ3n) is 5.58. The summed E-state index contributed by atoms with van der Waals surface area (Å²) in [5, 5.41) is 18.7. The second-order valence-corrected chi connectivity index (χ2v) is 9.58. The lowest BCUT2D eigenvalue weighted by Crippen LogP contribution is -2.57. The molecule has 0 aliphatic rings. The fourth-order valence-electron chi connectivity index (χ4n) is 3.73. The van der Waals surface area contributed by atoms with Crippen LogP contribution in [0.5, 0.6) is 0 Å². The number of carbonyl (C=O) groups is 4. The molecule has 4 amide bonds. The molecule has 1 rings (SSSR count). The molecule has 4 unspecified atom stereocenters. The molecule has 0 fully saturated rings. The third-order valence-corrected chi connectivity index (χ3v) is 5.58. The van der Waals surface area contributed by atoms with Crippen LogP contribution in [-0.4, -0.2) is 72.0 Å². The minimum absolute atomic E-state index is 0.111. The van der Waals surface area contributed by atoms with Crippen LogP contribution in [0.3, 0.4) is 0 Å². The molecule has 212 valence electrons. The topological polar surface area (TPSA) is 241 Å². The summed E-state index contributed by atoms with van der Waals surface area (Å²) < 4.78 is 0. The number of amides is 4. The standard InChI is InChI=1S/C25H42N8O5/c1-15(2)11-20(31-14-17(34)12-16-7-4-3-5-8-16)24(38)32-18(9-6-10-30-25(28)29)23(37)33-19(22(27)36)13-21(26)35/h3-5,7-8,15,17-20,31,34H,6,9-14H2,1-2H3,(H2,26,35)(H2,27,36)(H,32,38)(H,33,37)(H4,28,29,30). The van der Waals surface area contributed by atoms with E-state index in [-0.39, 0.29) is 31.4 Å². The number of carbonyl (C=O) groups excluding carboxylic acids is 4. The van der Waals surface area contributed by atoms with Crippen molar-refractivity contribution in [1.82, 2.24) is 16.0 Å². The lowest BCUT2D eigenvalue weighted by Gasteiger charge is -2.26. The maximum atomic E-state index is 13.2. The highest BCUT2D eigenvalue weighted by Crippen LogP contribution is 2.09. The van der Waals surface area contributed by atoms with Crippen LogP contribution in [0.4, 0.5) is 0 Å². The first-order valence-corrected chi connectivity index (χ1v) is 12.6. The van der Waals surface area contributed by atoms with Gasteiger partial charge in [-0.25, -0.2) is 0 Å². The number of hydrogen-bond donors (Lipinski definition) is 8. The van der Waals surface area contributed by atoms with Crippen LogP contribution in [0.1, 0.15) is 45.1 Å². The number of nitrogens with zero attached hydrogens (tertiary/aromatic N) is 1. The molecule has 0 aromatic heterocycles. The number of nitrogens with one attached hydrogen (secondary N) is 3. The van der Waals surface area contributed by atoms with E-state index in [1.165, 1.54) is 0 Å². The molecule has 0 heterocycles. The molecule has 0 bridgehead atoms. The van der Waals surface area contributed by atoms with Crippen molar-refractivity contribution in [1.29, 1.82) is 0 Å². The van der Waals surface area contributed by atoms with Crippen molar-refractivity contribution < 1.29 is 24.3 Å². The second kappa shape index (κ2) is 16.9. The molecule has 38 heavy (non-hydrogen) atoms. The highest BCUT2D eigenvalue weighted by molar-refractivity contribution is 5.94. The molecule has 12 N–H and O–H groups in total. The van der Waals surface area contributed by atoms with Gasteiger partial charge < -0.3 is 44.0 Å². The van der Waals surface area contributed by atoms with Gasteiger partial charge in [0.25, 0.3) is 0 Å². The number of aliphatic hydroxyl groups excluding tert-OH is 1. The molecule has 0 saturated carbocycles. The van der Waals surface area contributed by atoms with Gasteiger partial charge in [0.05, 0.1) is 18.6 Å².